The second kappa shape index (κ2) is 4.16. The van der Waals surface area contributed by atoms with Crippen molar-refractivity contribution < 1.29 is 9.72 Å². The van der Waals surface area contributed by atoms with Crippen LogP contribution in [0.4, 0.5) is 0 Å². The van der Waals surface area contributed by atoms with Crippen molar-refractivity contribution in [3.63, 3.8) is 0 Å². The summed E-state index contributed by atoms with van der Waals surface area (Å²) in [5.74, 6) is 0.0987. The number of ketones is 1. The van der Waals surface area contributed by atoms with E-state index in [0.717, 1.165) is 0 Å². The Morgan fingerprint density at radius 2 is 2.38 bits per heavy atom. The van der Waals surface area contributed by atoms with E-state index >= 15 is 0 Å². The first-order chi connectivity index (χ1) is 6.13. The maximum atomic E-state index is 11.3. The van der Waals surface area contributed by atoms with E-state index in [-0.39, 0.29) is 29.1 Å². The molecule has 0 radical (unpaired) electrons. The lowest BCUT2D eigenvalue weighted by molar-refractivity contribution is -0.487. The number of carbonyl (C=O) groups is 1. The van der Waals surface area contributed by atoms with Crippen molar-refractivity contribution >= 4 is 5.78 Å². The third kappa shape index (κ3) is 2.65. The third-order valence-electron chi connectivity index (χ3n) is 2.42. The Morgan fingerprint density at radius 3 is 2.92 bits per heavy atom. The molecule has 1 rings (SSSR count). The molecular weight excluding hydrogens is 170 g/mol. The zero-order valence-corrected chi connectivity index (χ0v) is 7.44. The van der Waals surface area contributed by atoms with Crippen molar-refractivity contribution in [3.05, 3.63) is 22.8 Å². The Bertz CT molecular complexity index is 237. The molecule has 4 nitrogen and oxygen atoms in total. The highest BCUT2D eigenvalue weighted by Crippen LogP contribution is 2.30. The van der Waals surface area contributed by atoms with Gasteiger partial charge in [0, 0.05) is 23.2 Å². The monoisotopic (exact) mass is 183 g/mol. The first kappa shape index (κ1) is 9.89. The maximum Gasteiger partial charge on any atom is 0.207 e. The Hall–Kier alpha value is -1.19. The molecule has 1 fully saturated rings. The van der Waals surface area contributed by atoms with Crippen molar-refractivity contribution in [1.29, 1.82) is 0 Å². The summed E-state index contributed by atoms with van der Waals surface area (Å²) in [6, 6.07) is 0. The molecule has 72 valence electrons. The third-order valence-corrected chi connectivity index (χ3v) is 2.42. The van der Waals surface area contributed by atoms with E-state index in [9.17, 15) is 14.9 Å². The van der Waals surface area contributed by atoms with Gasteiger partial charge >= 0.3 is 0 Å². The molecule has 0 amide bonds. The van der Waals surface area contributed by atoms with Crippen LogP contribution in [0, 0.1) is 22.0 Å². The predicted molar refractivity (Wildman–Crippen MR) is 47.9 cm³/mol. The molecule has 0 aliphatic heterocycles. The quantitative estimate of drug-likeness (QED) is 0.376. The second-order valence-corrected chi connectivity index (χ2v) is 3.51. The number of Topliss-reactive ketones (excluding diaryl/α,β-unsaturated/α-hetero) is 1. The number of nitrogens with zero attached hydrogens (tertiary/aromatic N) is 1. The Balaban J connectivity index is 2.44. The zero-order chi connectivity index (χ0) is 9.84. The van der Waals surface area contributed by atoms with Gasteiger partial charge in [-0.1, -0.05) is 6.08 Å². The van der Waals surface area contributed by atoms with E-state index in [4.69, 9.17) is 0 Å². The number of rotatable bonds is 4. The first-order valence-electron chi connectivity index (χ1n) is 4.39. The lowest BCUT2D eigenvalue weighted by Crippen LogP contribution is -2.11. The van der Waals surface area contributed by atoms with Gasteiger partial charge in [-0.05, 0) is 12.8 Å². The molecule has 0 aromatic heterocycles. The summed E-state index contributed by atoms with van der Waals surface area (Å²) in [4.78, 5) is 21.1. The van der Waals surface area contributed by atoms with E-state index in [2.05, 4.69) is 6.58 Å². The molecule has 4 heteroatoms. The minimum Gasteiger partial charge on any atom is -0.299 e. The van der Waals surface area contributed by atoms with Crippen LogP contribution in [0.25, 0.3) is 0 Å². The molecule has 13 heavy (non-hydrogen) atoms. The average molecular weight is 183 g/mol. The molecule has 2 atom stereocenters. The molecule has 0 aromatic carbocycles. The van der Waals surface area contributed by atoms with Crippen LogP contribution in [0.2, 0.25) is 0 Å². The van der Waals surface area contributed by atoms with Gasteiger partial charge in [-0.15, -0.1) is 6.58 Å². The van der Waals surface area contributed by atoms with Gasteiger partial charge in [0.2, 0.25) is 6.54 Å². The molecule has 0 N–H and O–H groups in total. The number of nitro groups is 1. The van der Waals surface area contributed by atoms with E-state index in [1.54, 1.807) is 6.08 Å². The van der Waals surface area contributed by atoms with Crippen LogP contribution in [0.5, 0.6) is 0 Å². The zero-order valence-electron chi connectivity index (χ0n) is 7.44. The van der Waals surface area contributed by atoms with Gasteiger partial charge in [0.1, 0.15) is 5.78 Å². The van der Waals surface area contributed by atoms with Crippen LogP contribution in [-0.4, -0.2) is 17.3 Å². The van der Waals surface area contributed by atoms with Crippen molar-refractivity contribution in [1.82, 2.24) is 0 Å². The van der Waals surface area contributed by atoms with Gasteiger partial charge in [-0.25, -0.2) is 0 Å². The SMILES string of the molecule is C=CCC1CC(C[N+](=O)[O-])CC1=O. The highest BCUT2D eigenvalue weighted by molar-refractivity contribution is 5.83. The topological polar surface area (TPSA) is 60.2 Å². The fourth-order valence-corrected chi connectivity index (χ4v) is 1.85. The predicted octanol–water partition coefficient (Wildman–Crippen LogP) is 1.43. The molecule has 0 saturated heterocycles. The Labute approximate surface area is 76.8 Å². The van der Waals surface area contributed by atoms with Crippen LogP contribution in [0.15, 0.2) is 12.7 Å². The van der Waals surface area contributed by atoms with E-state index in [0.29, 0.717) is 19.3 Å². The lowest BCUT2D eigenvalue weighted by Gasteiger charge is -2.03. The molecule has 0 heterocycles. The van der Waals surface area contributed by atoms with Gasteiger partial charge in [0.15, 0.2) is 0 Å². The summed E-state index contributed by atoms with van der Waals surface area (Å²) in [7, 11) is 0. The normalized spacial score (nSPS) is 27.5. The van der Waals surface area contributed by atoms with Crippen molar-refractivity contribution in [2.45, 2.75) is 19.3 Å². The summed E-state index contributed by atoms with van der Waals surface area (Å²) in [6.07, 6.45) is 3.40. The lowest BCUT2D eigenvalue weighted by atomic mass is 10.0. The summed E-state index contributed by atoms with van der Waals surface area (Å²) >= 11 is 0. The molecule has 0 bridgehead atoms. The van der Waals surface area contributed by atoms with Crippen LogP contribution < -0.4 is 0 Å². The second-order valence-electron chi connectivity index (χ2n) is 3.51. The van der Waals surface area contributed by atoms with Crippen LogP contribution in [0.1, 0.15) is 19.3 Å². The summed E-state index contributed by atoms with van der Waals surface area (Å²) in [6.45, 7) is 3.49. The number of hydrogen-bond donors (Lipinski definition) is 0. The number of hydrogen-bond acceptors (Lipinski definition) is 3. The molecule has 1 saturated carbocycles. The highest BCUT2D eigenvalue weighted by Gasteiger charge is 2.33. The standard InChI is InChI=1S/C9H13NO3/c1-2-3-8-4-7(5-9(8)11)6-10(12)13/h2,7-8H,1,3-6H2. The molecule has 0 spiro atoms. The average Bonchev–Trinajstić information content (AvgIpc) is 2.31. The van der Waals surface area contributed by atoms with Crippen molar-refractivity contribution in [2.24, 2.45) is 11.8 Å². The minimum atomic E-state index is -0.339. The van der Waals surface area contributed by atoms with Crippen LogP contribution in [-0.2, 0) is 4.79 Å². The first-order valence-corrected chi connectivity index (χ1v) is 4.39. The number of carbonyl (C=O) groups excluding carboxylic acids is 1. The minimum absolute atomic E-state index is 0.0116. The van der Waals surface area contributed by atoms with Gasteiger partial charge < -0.3 is 0 Å². The van der Waals surface area contributed by atoms with Gasteiger partial charge in [0.05, 0.1) is 0 Å². The van der Waals surface area contributed by atoms with Crippen molar-refractivity contribution in [3.8, 4) is 0 Å². The van der Waals surface area contributed by atoms with E-state index < -0.39 is 0 Å². The highest BCUT2D eigenvalue weighted by atomic mass is 16.6. The number of allylic oxidation sites excluding steroid dienone is 1. The Kier molecular flexibility index (Phi) is 3.17. The molecule has 0 aromatic rings. The summed E-state index contributed by atoms with van der Waals surface area (Å²) < 4.78 is 0. The van der Waals surface area contributed by atoms with Gasteiger partial charge in [-0.2, -0.15) is 0 Å². The Morgan fingerprint density at radius 1 is 1.69 bits per heavy atom. The largest absolute Gasteiger partial charge is 0.299 e. The molecule has 2 unspecified atom stereocenters. The fourth-order valence-electron chi connectivity index (χ4n) is 1.85. The van der Waals surface area contributed by atoms with E-state index in [1.807, 2.05) is 0 Å². The van der Waals surface area contributed by atoms with Crippen LogP contribution >= 0.6 is 0 Å². The summed E-state index contributed by atoms with van der Waals surface area (Å²) in [5, 5.41) is 10.2. The van der Waals surface area contributed by atoms with Gasteiger partial charge in [-0.3, -0.25) is 14.9 Å². The van der Waals surface area contributed by atoms with Crippen LogP contribution in [0.3, 0.4) is 0 Å². The maximum absolute atomic E-state index is 11.3. The molecule has 1 aliphatic carbocycles. The van der Waals surface area contributed by atoms with Gasteiger partial charge in [0.25, 0.3) is 0 Å². The smallest absolute Gasteiger partial charge is 0.207 e. The van der Waals surface area contributed by atoms with Crippen molar-refractivity contribution in [2.75, 3.05) is 6.54 Å². The molecule has 1 aliphatic rings. The molecular formula is C9H13NO3. The fraction of sp³-hybridized carbons (Fsp3) is 0.667. The summed E-state index contributed by atoms with van der Waals surface area (Å²) in [5.41, 5.74) is 0. The van der Waals surface area contributed by atoms with E-state index in [1.165, 1.54) is 0 Å².